The molecule has 0 bridgehead atoms. The van der Waals surface area contributed by atoms with Crippen LogP contribution < -0.4 is 9.64 Å². The molecule has 2 aromatic heterocycles. The molecular weight excluding hydrogens is 454 g/mol. The van der Waals surface area contributed by atoms with Crippen LogP contribution in [-0.2, 0) is 9.84 Å². The molecule has 11 heteroatoms. The number of halogens is 2. The van der Waals surface area contributed by atoms with E-state index in [4.69, 9.17) is 0 Å². The molecule has 0 spiro atoms. The van der Waals surface area contributed by atoms with E-state index in [2.05, 4.69) is 14.7 Å². The smallest absolute Gasteiger partial charge is 0.387 e. The van der Waals surface area contributed by atoms with Gasteiger partial charge >= 0.3 is 6.61 Å². The van der Waals surface area contributed by atoms with Gasteiger partial charge in [-0.15, -0.1) is 0 Å². The highest BCUT2D eigenvalue weighted by Gasteiger charge is 2.18. The largest absolute Gasteiger partial charge is 0.435 e. The van der Waals surface area contributed by atoms with E-state index < -0.39 is 22.4 Å². The summed E-state index contributed by atoms with van der Waals surface area (Å²) in [5.41, 5.74) is 2.43. The van der Waals surface area contributed by atoms with Crippen LogP contribution in [0.25, 0.3) is 16.9 Å². The summed E-state index contributed by atoms with van der Waals surface area (Å²) in [5.74, 6) is -0.382. The lowest BCUT2D eigenvalue weighted by molar-refractivity contribution is -0.0498. The Morgan fingerprint density at radius 3 is 2.30 bits per heavy atom. The van der Waals surface area contributed by atoms with Gasteiger partial charge in [0.15, 0.2) is 15.5 Å². The van der Waals surface area contributed by atoms with Gasteiger partial charge in [-0.3, -0.25) is 9.20 Å². The van der Waals surface area contributed by atoms with Crippen LogP contribution in [0.4, 0.5) is 14.5 Å². The number of imidazole rings is 1. The lowest BCUT2D eigenvalue weighted by Gasteiger charge is -2.17. The van der Waals surface area contributed by atoms with Gasteiger partial charge in [0.1, 0.15) is 11.4 Å². The summed E-state index contributed by atoms with van der Waals surface area (Å²) >= 11 is 0. The maximum Gasteiger partial charge on any atom is 0.387 e. The number of hydrogen-bond acceptors (Lipinski definition) is 6. The third kappa shape index (κ3) is 4.67. The van der Waals surface area contributed by atoms with E-state index in [1.165, 1.54) is 41.6 Å². The van der Waals surface area contributed by atoms with Crippen LogP contribution in [0, 0.1) is 0 Å². The first kappa shape index (κ1) is 22.3. The summed E-state index contributed by atoms with van der Waals surface area (Å²) < 4.78 is 54.1. The van der Waals surface area contributed by atoms with Gasteiger partial charge in [-0.1, -0.05) is 0 Å². The quantitative estimate of drug-likeness (QED) is 0.425. The molecule has 0 saturated carbocycles. The van der Waals surface area contributed by atoms with Crippen molar-refractivity contribution in [1.82, 2.24) is 14.4 Å². The first-order valence-corrected chi connectivity index (χ1v) is 11.5. The molecule has 0 radical (unpaired) electrons. The number of sulfone groups is 1. The SMILES string of the molecule is CN(C(=O)c1cn2c(-c3ccc(OC(F)F)cc3)cnc2cn1)c1ccc(S(C)(=O)=O)cc1. The molecule has 0 saturated heterocycles. The van der Waals surface area contributed by atoms with Crippen molar-refractivity contribution in [2.24, 2.45) is 0 Å². The maximum absolute atomic E-state index is 13.0. The van der Waals surface area contributed by atoms with Gasteiger partial charge in [0, 0.05) is 30.8 Å². The number of carbonyl (C=O) groups excluding carboxylic acids is 1. The zero-order valence-electron chi connectivity index (χ0n) is 17.5. The molecule has 0 fully saturated rings. The summed E-state index contributed by atoms with van der Waals surface area (Å²) in [6.07, 6.45) is 5.68. The summed E-state index contributed by atoms with van der Waals surface area (Å²) in [7, 11) is -1.79. The van der Waals surface area contributed by atoms with E-state index in [0.29, 0.717) is 22.6 Å². The average molecular weight is 472 g/mol. The Hall–Kier alpha value is -3.86. The highest BCUT2D eigenvalue weighted by molar-refractivity contribution is 7.90. The first-order valence-electron chi connectivity index (χ1n) is 9.60. The summed E-state index contributed by atoms with van der Waals surface area (Å²) in [4.78, 5) is 23.0. The maximum atomic E-state index is 13.0. The van der Waals surface area contributed by atoms with Crippen LogP contribution >= 0.6 is 0 Å². The second-order valence-corrected chi connectivity index (χ2v) is 9.19. The Kier molecular flexibility index (Phi) is 5.81. The molecule has 0 aliphatic rings. The molecule has 0 aliphatic heterocycles. The molecular formula is C22H18F2N4O4S. The molecule has 0 atom stereocenters. The number of anilines is 1. The van der Waals surface area contributed by atoms with Gasteiger partial charge < -0.3 is 9.64 Å². The van der Waals surface area contributed by atoms with Crippen molar-refractivity contribution in [3.05, 3.63) is 72.8 Å². The topological polar surface area (TPSA) is 93.9 Å². The highest BCUT2D eigenvalue weighted by atomic mass is 32.2. The Labute approximate surface area is 188 Å². The predicted molar refractivity (Wildman–Crippen MR) is 117 cm³/mol. The molecule has 4 rings (SSSR count). The van der Waals surface area contributed by atoms with Crippen LogP contribution in [0.5, 0.6) is 5.75 Å². The zero-order chi connectivity index (χ0) is 23.8. The fourth-order valence-corrected chi connectivity index (χ4v) is 3.86. The number of ether oxygens (including phenoxy) is 1. The zero-order valence-corrected chi connectivity index (χ0v) is 18.3. The van der Waals surface area contributed by atoms with Gasteiger partial charge in [0.05, 0.1) is 23.0 Å². The van der Waals surface area contributed by atoms with E-state index in [9.17, 15) is 22.0 Å². The third-order valence-corrected chi connectivity index (χ3v) is 6.08. The third-order valence-electron chi connectivity index (χ3n) is 4.95. The van der Waals surface area contributed by atoms with Crippen molar-refractivity contribution in [2.45, 2.75) is 11.5 Å². The summed E-state index contributed by atoms with van der Waals surface area (Å²) in [6, 6.07) is 12.0. The minimum atomic E-state index is -3.35. The minimum Gasteiger partial charge on any atom is -0.435 e. The van der Waals surface area contributed by atoms with Crippen LogP contribution in [0.2, 0.25) is 0 Å². The van der Waals surface area contributed by atoms with E-state index in [-0.39, 0.29) is 16.3 Å². The number of hydrogen-bond donors (Lipinski definition) is 0. The van der Waals surface area contributed by atoms with Crippen LogP contribution in [0.3, 0.4) is 0 Å². The monoisotopic (exact) mass is 472 g/mol. The number of nitrogens with zero attached hydrogens (tertiary/aromatic N) is 4. The Morgan fingerprint density at radius 2 is 1.70 bits per heavy atom. The number of fused-ring (bicyclic) bond motifs is 1. The summed E-state index contributed by atoms with van der Waals surface area (Å²) in [5, 5.41) is 0. The van der Waals surface area contributed by atoms with Gasteiger partial charge in [-0.25, -0.2) is 18.4 Å². The van der Waals surface area contributed by atoms with Crippen molar-refractivity contribution in [2.75, 3.05) is 18.2 Å². The van der Waals surface area contributed by atoms with Gasteiger partial charge in [0.25, 0.3) is 5.91 Å². The molecule has 8 nitrogen and oxygen atoms in total. The molecule has 0 unspecified atom stereocenters. The highest BCUT2D eigenvalue weighted by Crippen LogP contribution is 2.25. The fraction of sp³-hybridized carbons (Fsp3) is 0.136. The molecule has 2 heterocycles. The number of amides is 1. The molecule has 170 valence electrons. The second kappa shape index (κ2) is 8.58. The molecule has 0 aliphatic carbocycles. The van der Waals surface area contributed by atoms with Crippen molar-refractivity contribution in [1.29, 1.82) is 0 Å². The molecule has 1 amide bonds. The second-order valence-electron chi connectivity index (χ2n) is 7.18. The number of aromatic nitrogens is 3. The molecule has 0 N–H and O–H groups in total. The molecule has 4 aromatic rings. The Balaban J connectivity index is 1.63. The van der Waals surface area contributed by atoms with E-state index in [0.717, 1.165) is 6.26 Å². The number of carbonyl (C=O) groups is 1. The minimum absolute atomic E-state index is 0.0311. The van der Waals surface area contributed by atoms with Gasteiger partial charge in [-0.2, -0.15) is 8.78 Å². The predicted octanol–water partition coefficient (Wildman–Crippen LogP) is 3.68. The number of alkyl halides is 2. The summed E-state index contributed by atoms with van der Waals surface area (Å²) in [6.45, 7) is -2.91. The molecule has 2 aromatic carbocycles. The normalized spacial score (nSPS) is 11.7. The first-order chi connectivity index (χ1) is 15.6. The Morgan fingerprint density at radius 1 is 1.03 bits per heavy atom. The standard InChI is InChI=1S/C22H18F2N4O4S/c1-27(15-5-9-17(10-6-15)33(2,30)31)21(29)18-13-28-19(11-26-20(28)12-25-18)14-3-7-16(8-4-14)32-22(23)24/h3-13,22H,1-2H3. The van der Waals surface area contributed by atoms with E-state index >= 15 is 0 Å². The van der Waals surface area contributed by atoms with E-state index in [1.54, 1.807) is 41.9 Å². The average Bonchev–Trinajstić information content (AvgIpc) is 3.21. The van der Waals surface area contributed by atoms with Gasteiger partial charge in [-0.05, 0) is 48.5 Å². The van der Waals surface area contributed by atoms with Crippen LogP contribution in [-0.4, -0.2) is 48.6 Å². The lowest BCUT2D eigenvalue weighted by Crippen LogP contribution is -2.27. The van der Waals surface area contributed by atoms with Crippen molar-refractivity contribution in [3.63, 3.8) is 0 Å². The number of benzene rings is 2. The lowest BCUT2D eigenvalue weighted by atomic mass is 10.1. The Bertz CT molecular complexity index is 1420. The van der Waals surface area contributed by atoms with Crippen molar-refractivity contribution in [3.8, 4) is 17.0 Å². The van der Waals surface area contributed by atoms with Crippen molar-refractivity contribution >= 4 is 27.1 Å². The fourth-order valence-electron chi connectivity index (χ4n) is 3.23. The van der Waals surface area contributed by atoms with Gasteiger partial charge in [0.2, 0.25) is 0 Å². The molecule has 33 heavy (non-hydrogen) atoms. The number of rotatable bonds is 6. The van der Waals surface area contributed by atoms with E-state index in [1.807, 2.05) is 0 Å². The van der Waals surface area contributed by atoms with Crippen LogP contribution in [0.1, 0.15) is 10.5 Å². The van der Waals surface area contributed by atoms with Crippen LogP contribution in [0.15, 0.2) is 72.0 Å². The van der Waals surface area contributed by atoms with Crippen molar-refractivity contribution < 1.29 is 26.7 Å².